The second kappa shape index (κ2) is 8.39. The fourth-order valence-electron chi connectivity index (χ4n) is 3.15. The molecule has 0 atom stereocenters. The van der Waals surface area contributed by atoms with Crippen molar-refractivity contribution in [1.29, 1.82) is 0 Å². The molecule has 0 aliphatic carbocycles. The predicted molar refractivity (Wildman–Crippen MR) is 114 cm³/mol. The summed E-state index contributed by atoms with van der Waals surface area (Å²) in [6.07, 6.45) is -4.65. The van der Waals surface area contributed by atoms with Crippen LogP contribution in [-0.2, 0) is 12.7 Å². The Bertz CT molecular complexity index is 1360. The molecule has 3 N–H and O–H groups in total. The number of hydrogen-bond acceptors (Lipinski definition) is 3. The standard InChI is InChI=1S/C21H15ClF3N5O2/c22-12-3-1-4-13(9-12)30-14(10-18(29-30)21(23,24)25)11-26-20(32)28-17-6-2-5-16-15(17)7-8-19(31)27-16/h1-10H,11H2,(H,27,31)(H2,26,28,32). The molecule has 0 aliphatic heterocycles. The first-order valence-corrected chi connectivity index (χ1v) is 9.67. The number of aromatic nitrogens is 3. The molecule has 0 spiro atoms. The Hall–Kier alpha value is -3.79. The van der Waals surface area contributed by atoms with Crippen LogP contribution in [0, 0.1) is 0 Å². The molecule has 4 aromatic rings. The van der Waals surface area contributed by atoms with Gasteiger partial charge in [0.05, 0.1) is 29.1 Å². The zero-order valence-corrected chi connectivity index (χ0v) is 17.0. The largest absolute Gasteiger partial charge is 0.435 e. The Morgan fingerprint density at radius 1 is 1.09 bits per heavy atom. The van der Waals surface area contributed by atoms with Crippen molar-refractivity contribution >= 4 is 34.2 Å². The lowest BCUT2D eigenvalue weighted by Gasteiger charge is -2.11. The Morgan fingerprint density at radius 3 is 2.62 bits per heavy atom. The summed E-state index contributed by atoms with van der Waals surface area (Å²) in [5, 5.41) is 9.73. The van der Waals surface area contributed by atoms with Gasteiger partial charge in [-0.2, -0.15) is 18.3 Å². The van der Waals surface area contributed by atoms with Crippen molar-refractivity contribution in [3.63, 3.8) is 0 Å². The Kier molecular flexibility index (Phi) is 5.62. The zero-order chi connectivity index (χ0) is 22.9. The molecule has 0 saturated carbocycles. The number of carbonyl (C=O) groups is 1. The van der Waals surface area contributed by atoms with E-state index in [0.717, 1.165) is 10.7 Å². The Balaban J connectivity index is 1.56. The van der Waals surface area contributed by atoms with Gasteiger partial charge in [-0.05, 0) is 42.5 Å². The first-order chi connectivity index (χ1) is 15.2. The summed E-state index contributed by atoms with van der Waals surface area (Å²) in [4.78, 5) is 26.6. The van der Waals surface area contributed by atoms with E-state index in [1.54, 1.807) is 42.5 Å². The van der Waals surface area contributed by atoms with Gasteiger partial charge in [0.25, 0.3) is 0 Å². The van der Waals surface area contributed by atoms with Crippen molar-refractivity contribution < 1.29 is 18.0 Å². The van der Waals surface area contributed by atoms with Gasteiger partial charge in [-0.3, -0.25) is 4.79 Å². The number of amides is 2. The third-order valence-corrected chi connectivity index (χ3v) is 4.81. The molecule has 0 fully saturated rings. The minimum absolute atomic E-state index is 0.108. The number of H-pyrrole nitrogens is 1. The maximum atomic E-state index is 13.2. The molecule has 7 nitrogen and oxygen atoms in total. The smallest absolute Gasteiger partial charge is 0.332 e. The van der Waals surface area contributed by atoms with Gasteiger partial charge in [-0.25, -0.2) is 9.48 Å². The number of pyridine rings is 1. The second-order valence-electron chi connectivity index (χ2n) is 6.81. The van der Waals surface area contributed by atoms with E-state index in [-0.39, 0.29) is 17.8 Å². The predicted octanol–water partition coefficient (Wildman–Crippen LogP) is 4.71. The number of anilines is 1. The van der Waals surface area contributed by atoms with Gasteiger partial charge in [0.15, 0.2) is 5.69 Å². The van der Waals surface area contributed by atoms with Gasteiger partial charge in [-0.15, -0.1) is 0 Å². The number of benzene rings is 2. The summed E-state index contributed by atoms with van der Waals surface area (Å²) in [6.45, 7) is -0.233. The molecule has 0 bridgehead atoms. The van der Waals surface area contributed by atoms with Crippen LogP contribution < -0.4 is 16.2 Å². The van der Waals surface area contributed by atoms with Crippen molar-refractivity contribution in [3.8, 4) is 5.69 Å². The summed E-state index contributed by atoms with van der Waals surface area (Å²) in [7, 11) is 0. The molecule has 0 radical (unpaired) electrons. The molecule has 164 valence electrons. The Morgan fingerprint density at radius 2 is 1.88 bits per heavy atom. The molecular weight excluding hydrogens is 447 g/mol. The molecule has 32 heavy (non-hydrogen) atoms. The van der Waals surface area contributed by atoms with Crippen LogP contribution in [-0.4, -0.2) is 20.8 Å². The SMILES string of the molecule is O=C(NCc1cc(C(F)(F)F)nn1-c1cccc(Cl)c1)Nc1cccc2[nH]c(=O)ccc12. The van der Waals surface area contributed by atoms with Gasteiger partial charge in [-0.1, -0.05) is 23.7 Å². The number of carbonyl (C=O) groups excluding carboxylic acids is 1. The molecule has 2 aromatic heterocycles. The van der Waals surface area contributed by atoms with Crippen molar-refractivity contribution in [2.45, 2.75) is 12.7 Å². The van der Waals surface area contributed by atoms with Crippen LogP contribution >= 0.6 is 11.6 Å². The van der Waals surface area contributed by atoms with Crippen molar-refractivity contribution in [2.75, 3.05) is 5.32 Å². The molecule has 2 amide bonds. The highest BCUT2D eigenvalue weighted by atomic mass is 35.5. The third kappa shape index (κ3) is 4.59. The molecule has 0 unspecified atom stereocenters. The van der Waals surface area contributed by atoms with Crippen LogP contribution in [0.4, 0.5) is 23.7 Å². The molecule has 2 aromatic carbocycles. The quantitative estimate of drug-likeness (QED) is 0.411. The van der Waals surface area contributed by atoms with E-state index in [1.807, 2.05) is 0 Å². The maximum absolute atomic E-state index is 13.2. The lowest BCUT2D eigenvalue weighted by atomic mass is 10.2. The summed E-state index contributed by atoms with van der Waals surface area (Å²) >= 11 is 5.95. The van der Waals surface area contributed by atoms with E-state index in [0.29, 0.717) is 27.3 Å². The highest BCUT2D eigenvalue weighted by Crippen LogP contribution is 2.30. The third-order valence-electron chi connectivity index (χ3n) is 4.57. The van der Waals surface area contributed by atoms with E-state index in [2.05, 4.69) is 20.7 Å². The minimum atomic E-state index is -4.65. The number of fused-ring (bicyclic) bond motifs is 1. The lowest BCUT2D eigenvalue weighted by molar-refractivity contribution is -0.141. The minimum Gasteiger partial charge on any atom is -0.332 e. The van der Waals surface area contributed by atoms with Crippen molar-refractivity contribution in [3.05, 3.63) is 87.4 Å². The van der Waals surface area contributed by atoms with Crippen LogP contribution in [0.2, 0.25) is 5.02 Å². The van der Waals surface area contributed by atoms with E-state index in [1.165, 1.54) is 12.1 Å². The monoisotopic (exact) mass is 461 g/mol. The van der Waals surface area contributed by atoms with Crippen LogP contribution in [0.3, 0.4) is 0 Å². The number of alkyl halides is 3. The zero-order valence-electron chi connectivity index (χ0n) is 16.2. The first kappa shape index (κ1) is 21.4. The highest BCUT2D eigenvalue weighted by molar-refractivity contribution is 6.30. The topological polar surface area (TPSA) is 91.8 Å². The van der Waals surface area contributed by atoms with Crippen molar-refractivity contribution in [1.82, 2.24) is 20.1 Å². The normalized spacial score (nSPS) is 11.5. The number of rotatable bonds is 4. The molecule has 11 heteroatoms. The number of aromatic amines is 1. The van der Waals surface area contributed by atoms with Gasteiger partial charge >= 0.3 is 12.2 Å². The molecule has 0 saturated heterocycles. The lowest BCUT2D eigenvalue weighted by Crippen LogP contribution is -2.29. The summed E-state index contributed by atoms with van der Waals surface area (Å²) in [5.74, 6) is 0. The number of nitrogens with zero attached hydrogens (tertiary/aromatic N) is 2. The van der Waals surface area contributed by atoms with Crippen LogP contribution in [0.1, 0.15) is 11.4 Å². The molecule has 0 aliphatic rings. The van der Waals surface area contributed by atoms with E-state index >= 15 is 0 Å². The fraction of sp³-hybridized carbons (Fsp3) is 0.0952. The molecular formula is C21H15ClF3N5O2. The highest BCUT2D eigenvalue weighted by Gasteiger charge is 2.35. The number of halogens is 4. The molecule has 2 heterocycles. The van der Waals surface area contributed by atoms with Crippen LogP contribution in [0.5, 0.6) is 0 Å². The maximum Gasteiger partial charge on any atom is 0.435 e. The number of nitrogens with one attached hydrogen (secondary N) is 3. The van der Waals surface area contributed by atoms with Gasteiger partial charge in [0, 0.05) is 16.5 Å². The van der Waals surface area contributed by atoms with Gasteiger partial charge < -0.3 is 15.6 Å². The average molecular weight is 462 g/mol. The van der Waals surface area contributed by atoms with Crippen molar-refractivity contribution in [2.24, 2.45) is 0 Å². The summed E-state index contributed by atoms with van der Waals surface area (Å²) in [5.41, 5.74) is 0.0153. The van der Waals surface area contributed by atoms with E-state index in [4.69, 9.17) is 11.6 Å². The molecule has 4 rings (SSSR count). The Labute approximate surface area is 183 Å². The van der Waals surface area contributed by atoms with Crippen LogP contribution in [0.25, 0.3) is 16.6 Å². The fourth-order valence-corrected chi connectivity index (χ4v) is 3.33. The summed E-state index contributed by atoms with van der Waals surface area (Å²) in [6, 6.07) is 14.3. The summed E-state index contributed by atoms with van der Waals surface area (Å²) < 4.78 is 40.7. The number of urea groups is 1. The first-order valence-electron chi connectivity index (χ1n) is 9.30. The number of hydrogen-bond donors (Lipinski definition) is 3. The van der Waals surface area contributed by atoms with E-state index in [9.17, 15) is 22.8 Å². The second-order valence-corrected chi connectivity index (χ2v) is 7.24. The van der Waals surface area contributed by atoms with E-state index < -0.39 is 17.9 Å². The van der Waals surface area contributed by atoms with Crippen LogP contribution in [0.15, 0.2) is 65.5 Å². The van der Waals surface area contributed by atoms with Gasteiger partial charge in [0.1, 0.15) is 0 Å². The average Bonchev–Trinajstić information content (AvgIpc) is 3.17. The van der Waals surface area contributed by atoms with Gasteiger partial charge in [0.2, 0.25) is 5.56 Å².